The van der Waals surface area contributed by atoms with Gasteiger partial charge in [0.2, 0.25) is 0 Å². The molecule has 1 N–H and O–H groups in total. The summed E-state index contributed by atoms with van der Waals surface area (Å²) in [5, 5.41) is 4.48. The monoisotopic (exact) mass is 298 g/mol. The van der Waals surface area contributed by atoms with E-state index in [1.54, 1.807) is 4.57 Å². The molecule has 0 aliphatic heterocycles. The molecular formula is C15H17F3N2O. The molecule has 114 valence electrons. The lowest BCUT2D eigenvalue weighted by atomic mass is 10.2. The number of fused-ring (bicyclic) bond motifs is 1. The van der Waals surface area contributed by atoms with Gasteiger partial charge in [0.15, 0.2) is 0 Å². The molecule has 1 aromatic carbocycles. The minimum absolute atomic E-state index is 0.0938. The van der Waals surface area contributed by atoms with Crippen molar-refractivity contribution in [3.63, 3.8) is 0 Å². The van der Waals surface area contributed by atoms with Crippen LogP contribution in [0.3, 0.4) is 0 Å². The fourth-order valence-electron chi connectivity index (χ4n) is 2.37. The first-order valence-electron chi connectivity index (χ1n) is 6.97. The van der Waals surface area contributed by atoms with E-state index in [9.17, 15) is 13.2 Å². The molecule has 0 radical (unpaired) electrons. The van der Waals surface area contributed by atoms with Crippen LogP contribution in [0, 0.1) is 0 Å². The van der Waals surface area contributed by atoms with Crippen LogP contribution in [0.25, 0.3) is 10.9 Å². The van der Waals surface area contributed by atoms with E-state index < -0.39 is 12.8 Å². The van der Waals surface area contributed by atoms with Gasteiger partial charge in [-0.2, -0.15) is 13.2 Å². The Hall–Kier alpha value is -1.53. The summed E-state index contributed by atoms with van der Waals surface area (Å²) >= 11 is 0. The van der Waals surface area contributed by atoms with E-state index in [-0.39, 0.29) is 6.73 Å². The van der Waals surface area contributed by atoms with Gasteiger partial charge in [-0.05, 0) is 24.5 Å². The Kier molecular flexibility index (Phi) is 3.91. The lowest BCUT2D eigenvalue weighted by Crippen LogP contribution is -2.18. The van der Waals surface area contributed by atoms with Gasteiger partial charge in [-0.15, -0.1) is 0 Å². The van der Waals surface area contributed by atoms with E-state index >= 15 is 0 Å². The Labute approximate surface area is 120 Å². The van der Waals surface area contributed by atoms with E-state index in [2.05, 4.69) is 5.32 Å². The van der Waals surface area contributed by atoms with Gasteiger partial charge < -0.3 is 14.6 Å². The van der Waals surface area contributed by atoms with E-state index in [0.29, 0.717) is 6.04 Å². The van der Waals surface area contributed by atoms with Gasteiger partial charge >= 0.3 is 6.18 Å². The molecule has 1 heterocycles. The topological polar surface area (TPSA) is 26.2 Å². The zero-order chi connectivity index (χ0) is 14.9. The number of nitrogens with one attached hydrogen (secondary N) is 1. The highest BCUT2D eigenvalue weighted by molar-refractivity contribution is 5.83. The van der Waals surface area contributed by atoms with Crippen LogP contribution < -0.4 is 5.32 Å². The molecule has 0 saturated heterocycles. The molecule has 21 heavy (non-hydrogen) atoms. The number of alkyl halides is 3. The predicted octanol–water partition coefficient (Wildman–Crippen LogP) is 3.43. The van der Waals surface area contributed by atoms with Crippen molar-refractivity contribution in [1.82, 2.24) is 9.88 Å². The zero-order valence-electron chi connectivity index (χ0n) is 11.5. The Balaban J connectivity index is 1.74. The summed E-state index contributed by atoms with van der Waals surface area (Å²) in [6, 6.07) is 8.28. The first-order chi connectivity index (χ1) is 10.0. The molecule has 1 fully saturated rings. The SMILES string of the molecule is FC(F)(F)COCn1cc(CNC2CC2)c2ccccc21. The van der Waals surface area contributed by atoms with Crippen molar-refractivity contribution in [1.29, 1.82) is 0 Å². The molecule has 0 spiro atoms. The number of halogens is 3. The average Bonchev–Trinajstić information content (AvgIpc) is 3.19. The Morgan fingerprint density at radius 1 is 1.24 bits per heavy atom. The normalized spacial score (nSPS) is 15.8. The fraction of sp³-hybridized carbons (Fsp3) is 0.467. The van der Waals surface area contributed by atoms with Crippen molar-refractivity contribution in [3.05, 3.63) is 36.0 Å². The molecule has 1 aliphatic rings. The largest absolute Gasteiger partial charge is 0.411 e. The molecule has 3 rings (SSSR count). The summed E-state index contributed by atoms with van der Waals surface area (Å²) < 4.78 is 42.9. The molecule has 1 aromatic heterocycles. The molecule has 0 unspecified atom stereocenters. The minimum atomic E-state index is -4.29. The number of rotatable bonds is 6. The van der Waals surface area contributed by atoms with Crippen LogP contribution in [-0.2, 0) is 18.0 Å². The molecule has 3 nitrogen and oxygen atoms in total. The van der Waals surface area contributed by atoms with Crippen LogP contribution in [0.4, 0.5) is 13.2 Å². The third-order valence-electron chi connectivity index (χ3n) is 3.53. The van der Waals surface area contributed by atoms with E-state index in [1.807, 2.05) is 30.5 Å². The highest BCUT2D eigenvalue weighted by Crippen LogP contribution is 2.24. The number of ether oxygens (including phenoxy) is 1. The van der Waals surface area contributed by atoms with Crippen molar-refractivity contribution >= 4 is 10.9 Å². The van der Waals surface area contributed by atoms with E-state index in [1.165, 1.54) is 12.8 Å². The number of hydrogen-bond acceptors (Lipinski definition) is 2. The second-order valence-corrected chi connectivity index (χ2v) is 5.39. The molecule has 0 amide bonds. The quantitative estimate of drug-likeness (QED) is 0.884. The summed E-state index contributed by atoms with van der Waals surface area (Å²) in [5.41, 5.74) is 1.99. The van der Waals surface area contributed by atoms with Crippen molar-refractivity contribution in [2.45, 2.75) is 38.3 Å². The lowest BCUT2D eigenvalue weighted by molar-refractivity contribution is -0.181. The summed E-state index contributed by atoms with van der Waals surface area (Å²) in [4.78, 5) is 0. The maximum atomic E-state index is 12.1. The molecule has 1 saturated carbocycles. The molecule has 0 bridgehead atoms. The lowest BCUT2D eigenvalue weighted by Gasteiger charge is -2.09. The molecule has 1 aliphatic carbocycles. The number of benzene rings is 1. The molecule has 0 atom stereocenters. The third-order valence-corrected chi connectivity index (χ3v) is 3.53. The fourth-order valence-corrected chi connectivity index (χ4v) is 2.37. The van der Waals surface area contributed by atoms with Gasteiger partial charge in [0.25, 0.3) is 0 Å². The van der Waals surface area contributed by atoms with Crippen LogP contribution in [0.2, 0.25) is 0 Å². The summed E-state index contributed by atoms with van der Waals surface area (Å²) in [6.07, 6.45) is -0.0175. The van der Waals surface area contributed by atoms with E-state index in [0.717, 1.165) is 23.0 Å². The second-order valence-electron chi connectivity index (χ2n) is 5.39. The number of aromatic nitrogens is 1. The van der Waals surface area contributed by atoms with Crippen molar-refractivity contribution in [3.8, 4) is 0 Å². The highest BCUT2D eigenvalue weighted by atomic mass is 19.4. The number of hydrogen-bond donors (Lipinski definition) is 1. The average molecular weight is 298 g/mol. The van der Waals surface area contributed by atoms with Gasteiger partial charge in [0.05, 0.1) is 5.52 Å². The standard InChI is InChI=1S/C15H17F3N2O/c16-15(17,18)9-21-10-20-8-11(7-19-12-5-6-12)13-3-1-2-4-14(13)20/h1-4,8,12,19H,5-7,9-10H2. The Bertz CT molecular complexity index is 617. The van der Waals surface area contributed by atoms with Gasteiger partial charge in [-0.1, -0.05) is 18.2 Å². The van der Waals surface area contributed by atoms with Crippen LogP contribution in [0.15, 0.2) is 30.5 Å². The maximum Gasteiger partial charge on any atom is 0.411 e. The van der Waals surface area contributed by atoms with Crippen LogP contribution in [-0.4, -0.2) is 23.4 Å². The van der Waals surface area contributed by atoms with Gasteiger partial charge in [0.1, 0.15) is 13.3 Å². The molecule has 2 aromatic rings. The van der Waals surface area contributed by atoms with Crippen molar-refractivity contribution in [2.75, 3.05) is 6.61 Å². The first-order valence-corrected chi connectivity index (χ1v) is 6.97. The Morgan fingerprint density at radius 3 is 2.71 bits per heavy atom. The number of nitrogens with zero attached hydrogens (tertiary/aromatic N) is 1. The van der Waals surface area contributed by atoms with Crippen LogP contribution in [0.1, 0.15) is 18.4 Å². The van der Waals surface area contributed by atoms with Gasteiger partial charge in [-0.3, -0.25) is 0 Å². The highest BCUT2D eigenvalue weighted by Gasteiger charge is 2.27. The number of para-hydroxylation sites is 1. The summed E-state index contributed by atoms with van der Waals surface area (Å²) in [7, 11) is 0. The Morgan fingerprint density at radius 2 is 2.00 bits per heavy atom. The van der Waals surface area contributed by atoms with Crippen molar-refractivity contribution in [2.24, 2.45) is 0 Å². The molecule has 6 heteroatoms. The van der Waals surface area contributed by atoms with Gasteiger partial charge in [-0.25, -0.2) is 0 Å². The minimum Gasteiger partial charge on any atom is -0.351 e. The summed E-state index contributed by atoms with van der Waals surface area (Å²) in [5.74, 6) is 0. The predicted molar refractivity (Wildman–Crippen MR) is 73.8 cm³/mol. The van der Waals surface area contributed by atoms with E-state index in [4.69, 9.17) is 4.74 Å². The smallest absolute Gasteiger partial charge is 0.351 e. The van der Waals surface area contributed by atoms with Crippen LogP contribution in [0.5, 0.6) is 0 Å². The first kappa shape index (κ1) is 14.4. The third kappa shape index (κ3) is 3.77. The van der Waals surface area contributed by atoms with Gasteiger partial charge in [0, 0.05) is 24.2 Å². The second kappa shape index (κ2) is 5.69. The maximum absolute atomic E-state index is 12.1. The van der Waals surface area contributed by atoms with Crippen molar-refractivity contribution < 1.29 is 17.9 Å². The summed E-state index contributed by atoms with van der Waals surface area (Å²) in [6.45, 7) is -0.587. The zero-order valence-corrected chi connectivity index (χ0v) is 11.5. The van der Waals surface area contributed by atoms with Crippen LogP contribution >= 0.6 is 0 Å². The molecular weight excluding hydrogens is 281 g/mol.